The largest absolute Gasteiger partial charge is 0.391 e. The monoisotopic (exact) mass is 257 g/mol. The Kier molecular flexibility index (Phi) is 3.59. The minimum atomic E-state index is -0.384. The minimum Gasteiger partial charge on any atom is -0.391 e. The summed E-state index contributed by atoms with van der Waals surface area (Å²) in [6.45, 7) is 5.25. The lowest BCUT2D eigenvalue weighted by Gasteiger charge is -2.21. The minimum absolute atomic E-state index is 0.160. The highest BCUT2D eigenvalue weighted by molar-refractivity contribution is 6.31. The van der Waals surface area contributed by atoms with Gasteiger partial charge in [0.25, 0.3) is 0 Å². The third-order valence-electron chi connectivity index (χ3n) is 3.20. The number of hydrogen-bond acceptors (Lipinski definition) is 2. The Labute approximate surface area is 106 Å². The van der Waals surface area contributed by atoms with Gasteiger partial charge in [-0.2, -0.15) is 0 Å². The molecule has 0 saturated carbocycles. The van der Waals surface area contributed by atoms with Crippen LogP contribution in [0.1, 0.15) is 31.7 Å². The normalized spacial score (nSPS) is 20.4. The number of anilines is 1. The van der Waals surface area contributed by atoms with E-state index in [4.69, 9.17) is 11.6 Å². The summed E-state index contributed by atoms with van der Waals surface area (Å²) in [6, 6.07) is 3.52. The van der Waals surface area contributed by atoms with Gasteiger partial charge in [-0.3, -0.25) is 0 Å². The number of nitrogens with zero attached hydrogens (tertiary/aromatic N) is 1. The highest BCUT2D eigenvalue weighted by atomic mass is 35.5. The quantitative estimate of drug-likeness (QED) is 0.880. The first-order valence-corrected chi connectivity index (χ1v) is 6.28. The van der Waals surface area contributed by atoms with E-state index in [1.165, 1.54) is 0 Å². The standard InChI is InChI=1S/C13H17ClFNO/c1-8(2)9-5-11(14)13(15)12(6-9)16-4-3-10(17)7-16/h5-6,8,10,17H,3-4,7H2,1-2H3/t10-/m1/s1. The maximum Gasteiger partial charge on any atom is 0.165 e. The lowest BCUT2D eigenvalue weighted by Crippen LogP contribution is -2.22. The van der Waals surface area contributed by atoms with Gasteiger partial charge in [0.05, 0.1) is 16.8 Å². The van der Waals surface area contributed by atoms with Gasteiger partial charge in [0.1, 0.15) is 0 Å². The van der Waals surface area contributed by atoms with Gasteiger partial charge in [0, 0.05) is 13.1 Å². The number of aliphatic hydroxyl groups is 1. The lowest BCUT2D eigenvalue weighted by atomic mass is 10.0. The molecule has 1 aromatic rings. The molecule has 1 aromatic carbocycles. The molecule has 1 heterocycles. The average molecular weight is 258 g/mol. The molecule has 0 bridgehead atoms. The summed E-state index contributed by atoms with van der Waals surface area (Å²) >= 11 is 5.91. The lowest BCUT2D eigenvalue weighted by molar-refractivity contribution is 0.198. The molecular weight excluding hydrogens is 241 g/mol. The van der Waals surface area contributed by atoms with Crippen molar-refractivity contribution in [2.45, 2.75) is 32.3 Å². The van der Waals surface area contributed by atoms with Crippen molar-refractivity contribution < 1.29 is 9.50 Å². The zero-order valence-electron chi connectivity index (χ0n) is 10.1. The number of aliphatic hydroxyl groups excluding tert-OH is 1. The van der Waals surface area contributed by atoms with Crippen molar-refractivity contribution in [3.63, 3.8) is 0 Å². The zero-order valence-corrected chi connectivity index (χ0v) is 10.8. The maximum atomic E-state index is 14.0. The van der Waals surface area contributed by atoms with E-state index < -0.39 is 0 Å². The fourth-order valence-electron chi connectivity index (χ4n) is 2.12. The van der Waals surface area contributed by atoms with Crippen LogP contribution in [0.15, 0.2) is 12.1 Å². The molecule has 0 amide bonds. The van der Waals surface area contributed by atoms with Gasteiger partial charge < -0.3 is 10.0 Å². The molecule has 94 valence electrons. The summed E-state index contributed by atoms with van der Waals surface area (Å²) in [5, 5.41) is 9.66. The topological polar surface area (TPSA) is 23.5 Å². The number of benzene rings is 1. The highest BCUT2D eigenvalue weighted by Gasteiger charge is 2.24. The van der Waals surface area contributed by atoms with E-state index in [2.05, 4.69) is 0 Å². The van der Waals surface area contributed by atoms with Crippen LogP contribution < -0.4 is 4.90 Å². The Morgan fingerprint density at radius 2 is 2.18 bits per heavy atom. The molecule has 4 heteroatoms. The molecule has 1 N–H and O–H groups in total. The summed E-state index contributed by atoms with van der Waals surface area (Å²) in [5.74, 6) is -0.0791. The molecule has 0 aliphatic carbocycles. The van der Waals surface area contributed by atoms with E-state index in [0.29, 0.717) is 31.1 Å². The summed E-state index contributed by atoms with van der Waals surface area (Å²) in [6.07, 6.45) is 0.319. The maximum absolute atomic E-state index is 14.0. The van der Waals surface area contributed by atoms with Crippen LogP contribution in [-0.4, -0.2) is 24.3 Å². The van der Waals surface area contributed by atoms with Crippen molar-refractivity contribution in [3.05, 3.63) is 28.5 Å². The van der Waals surface area contributed by atoms with Crippen LogP contribution in [0.25, 0.3) is 0 Å². The fourth-order valence-corrected chi connectivity index (χ4v) is 2.34. The second-order valence-electron chi connectivity index (χ2n) is 4.88. The first kappa shape index (κ1) is 12.7. The Morgan fingerprint density at radius 1 is 1.47 bits per heavy atom. The second kappa shape index (κ2) is 4.83. The summed E-state index contributed by atoms with van der Waals surface area (Å²) in [5.41, 5.74) is 1.53. The predicted octanol–water partition coefficient (Wildman–Crippen LogP) is 3.17. The zero-order chi connectivity index (χ0) is 12.6. The summed E-state index contributed by atoms with van der Waals surface area (Å²) in [7, 11) is 0. The molecule has 1 saturated heterocycles. The van der Waals surface area contributed by atoms with Crippen LogP contribution in [-0.2, 0) is 0 Å². The molecule has 0 spiro atoms. The molecule has 2 rings (SSSR count). The number of β-amino-alcohol motifs (C(OH)–C–C–N with tert-alkyl or cyclic N) is 1. The number of halogens is 2. The van der Waals surface area contributed by atoms with E-state index in [-0.39, 0.29) is 16.9 Å². The van der Waals surface area contributed by atoms with Gasteiger partial charge >= 0.3 is 0 Å². The first-order chi connectivity index (χ1) is 7.99. The van der Waals surface area contributed by atoms with Gasteiger partial charge in [-0.25, -0.2) is 4.39 Å². The van der Waals surface area contributed by atoms with Crippen molar-refractivity contribution in [1.29, 1.82) is 0 Å². The van der Waals surface area contributed by atoms with Gasteiger partial charge in [0.2, 0.25) is 0 Å². The molecule has 2 nitrogen and oxygen atoms in total. The third-order valence-corrected chi connectivity index (χ3v) is 3.48. The Bertz CT molecular complexity index is 422. The molecule has 17 heavy (non-hydrogen) atoms. The second-order valence-corrected chi connectivity index (χ2v) is 5.29. The molecule has 0 aromatic heterocycles. The van der Waals surface area contributed by atoms with Crippen LogP contribution >= 0.6 is 11.6 Å². The predicted molar refractivity (Wildman–Crippen MR) is 68.3 cm³/mol. The molecule has 1 fully saturated rings. The van der Waals surface area contributed by atoms with Gasteiger partial charge in [-0.05, 0) is 30.0 Å². The van der Waals surface area contributed by atoms with Gasteiger partial charge in [0.15, 0.2) is 5.82 Å². The van der Waals surface area contributed by atoms with Crippen molar-refractivity contribution in [1.82, 2.24) is 0 Å². The number of rotatable bonds is 2. The number of hydrogen-bond donors (Lipinski definition) is 1. The first-order valence-electron chi connectivity index (χ1n) is 5.91. The van der Waals surface area contributed by atoms with Gasteiger partial charge in [-0.1, -0.05) is 25.4 Å². The van der Waals surface area contributed by atoms with Crippen molar-refractivity contribution in [3.8, 4) is 0 Å². The molecule has 1 aliphatic rings. The summed E-state index contributed by atoms with van der Waals surface area (Å²) < 4.78 is 14.0. The molecule has 1 aliphatic heterocycles. The van der Waals surface area contributed by atoms with E-state index in [0.717, 1.165) is 5.56 Å². The molecule has 1 atom stereocenters. The van der Waals surface area contributed by atoms with E-state index in [1.54, 1.807) is 6.07 Å². The Balaban J connectivity index is 2.38. The molecule has 0 unspecified atom stereocenters. The summed E-state index contributed by atoms with van der Waals surface area (Å²) in [4.78, 5) is 1.86. The highest BCUT2D eigenvalue weighted by Crippen LogP contribution is 2.32. The van der Waals surface area contributed by atoms with E-state index in [1.807, 2.05) is 24.8 Å². The Morgan fingerprint density at radius 3 is 2.71 bits per heavy atom. The molecular formula is C13H17ClFNO. The van der Waals surface area contributed by atoms with Gasteiger partial charge in [-0.15, -0.1) is 0 Å². The van der Waals surface area contributed by atoms with Crippen LogP contribution in [0.5, 0.6) is 0 Å². The van der Waals surface area contributed by atoms with Crippen molar-refractivity contribution >= 4 is 17.3 Å². The smallest absolute Gasteiger partial charge is 0.165 e. The SMILES string of the molecule is CC(C)c1cc(Cl)c(F)c(N2CC[C@@H](O)C2)c1. The van der Waals surface area contributed by atoms with E-state index >= 15 is 0 Å². The average Bonchev–Trinajstić information content (AvgIpc) is 2.68. The van der Waals surface area contributed by atoms with E-state index in [9.17, 15) is 9.50 Å². The van der Waals surface area contributed by atoms with Crippen molar-refractivity contribution in [2.75, 3.05) is 18.0 Å². The van der Waals surface area contributed by atoms with Crippen molar-refractivity contribution in [2.24, 2.45) is 0 Å². The van der Waals surface area contributed by atoms with Crippen LogP contribution in [0.3, 0.4) is 0 Å². The fraction of sp³-hybridized carbons (Fsp3) is 0.538. The third kappa shape index (κ3) is 2.55. The van der Waals surface area contributed by atoms with Crippen LogP contribution in [0.4, 0.5) is 10.1 Å². The van der Waals surface area contributed by atoms with Crippen LogP contribution in [0, 0.1) is 5.82 Å². The van der Waals surface area contributed by atoms with Crippen LogP contribution in [0.2, 0.25) is 5.02 Å². The Hall–Kier alpha value is -0.800. The molecule has 0 radical (unpaired) electrons.